The quantitative estimate of drug-likeness (QED) is 0.169. The zero-order valence-electron chi connectivity index (χ0n) is 29.5. The van der Waals surface area contributed by atoms with Crippen molar-refractivity contribution in [3.05, 3.63) is 193 Å². The summed E-state index contributed by atoms with van der Waals surface area (Å²) in [5, 5.41) is 17.4. The third-order valence-electron chi connectivity index (χ3n) is 11.1. The Balaban J connectivity index is 1.14. The summed E-state index contributed by atoms with van der Waals surface area (Å²) in [6.45, 7) is 7.65. The van der Waals surface area contributed by atoms with Crippen molar-refractivity contribution in [3.63, 3.8) is 0 Å². The molecule has 0 saturated carbocycles. The van der Waals surface area contributed by atoms with E-state index in [1.165, 1.54) is 21.8 Å². The zero-order chi connectivity index (χ0) is 36.6. The highest BCUT2D eigenvalue weighted by atomic mass is 15.0. The van der Waals surface area contributed by atoms with Gasteiger partial charge >= 0.3 is 0 Å². The third-order valence-corrected chi connectivity index (χ3v) is 11.1. The molecule has 254 valence electrons. The SMILES string of the molecule is [C-]#[N+]c1ccc2c(c1)c1ccccc1n2-c1ccccc1-c1ccc(C#N)c(-n2c3ccccc3c3cc(-n4c5ccccc5c5ccccc54)ccc32)c1. The normalized spacial score (nSPS) is 11.6. The lowest BCUT2D eigenvalue weighted by Crippen LogP contribution is -2.00. The molecule has 0 unspecified atom stereocenters. The van der Waals surface area contributed by atoms with Crippen molar-refractivity contribution in [2.75, 3.05) is 0 Å². The van der Waals surface area contributed by atoms with Gasteiger partial charge in [-0.2, -0.15) is 5.26 Å². The highest BCUT2D eigenvalue weighted by Gasteiger charge is 2.20. The average Bonchev–Trinajstić information content (AvgIpc) is 3.88. The molecule has 8 aromatic carbocycles. The van der Waals surface area contributed by atoms with Crippen LogP contribution in [0.5, 0.6) is 0 Å². The van der Waals surface area contributed by atoms with E-state index < -0.39 is 0 Å². The maximum Gasteiger partial charge on any atom is 0.188 e. The molecule has 5 nitrogen and oxygen atoms in total. The lowest BCUT2D eigenvalue weighted by molar-refractivity contribution is 1.15. The molecule has 0 radical (unpaired) electrons. The predicted octanol–water partition coefficient (Wildman–Crippen LogP) is 13.1. The molecule has 0 N–H and O–H groups in total. The van der Waals surface area contributed by atoms with Crippen LogP contribution in [0.25, 0.3) is 98.5 Å². The summed E-state index contributed by atoms with van der Waals surface area (Å²) in [4.78, 5) is 3.72. The van der Waals surface area contributed by atoms with E-state index in [0.717, 1.165) is 71.8 Å². The minimum atomic E-state index is 0.596. The summed E-state index contributed by atoms with van der Waals surface area (Å²) >= 11 is 0. The highest BCUT2D eigenvalue weighted by molar-refractivity contribution is 6.13. The van der Waals surface area contributed by atoms with E-state index in [0.29, 0.717) is 11.3 Å². The van der Waals surface area contributed by atoms with Gasteiger partial charge in [-0.05, 0) is 83.7 Å². The van der Waals surface area contributed by atoms with Crippen molar-refractivity contribution in [1.29, 1.82) is 5.26 Å². The van der Waals surface area contributed by atoms with Gasteiger partial charge in [0.2, 0.25) is 0 Å². The number of nitrogens with zero attached hydrogens (tertiary/aromatic N) is 5. The fraction of sp³-hybridized carbons (Fsp3) is 0. The van der Waals surface area contributed by atoms with Crippen LogP contribution in [0.4, 0.5) is 5.69 Å². The van der Waals surface area contributed by atoms with Crippen molar-refractivity contribution >= 4 is 71.1 Å². The lowest BCUT2D eigenvalue weighted by atomic mass is 10.00. The second kappa shape index (κ2) is 11.8. The Morgan fingerprint density at radius 3 is 1.53 bits per heavy atom. The molecule has 0 atom stereocenters. The summed E-state index contributed by atoms with van der Waals surface area (Å²) in [7, 11) is 0. The topological polar surface area (TPSA) is 42.9 Å². The van der Waals surface area contributed by atoms with E-state index in [9.17, 15) is 5.26 Å². The lowest BCUT2D eigenvalue weighted by Gasteiger charge is -2.16. The van der Waals surface area contributed by atoms with Gasteiger partial charge in [-0.3, -0.25) is 0 Å². The van der Waals surface area contributed by atoms with Gasteiger partial charge in [0.25, 0.3) is 0 Å². The fourth-order valence-corrected chi connectivity index (χ4v) is 8.74. The number of hydrogen-bond donors (Lipinski definition) is 0. The van der Waals surface area contributed by atoms with Crippen LogP contribution in [-0.2, 0) is 0 Å². The Labute approximate surface area is 316 Å². The Kier molecular flexibility index (Phi) is 6.61. The van der Waals surface area contributed by atoms with E-state index in [-0.39, 0.29) is 0 Å². The number of rotatable bonds is 4. The van der Waals surface area contributed by atoms with Crippen LogP contribution in [-0.4, -0.2) is 13.7 Å². The van der Waals surface area contributed by atoms with Crippen LogP contribution in [0.2, 0.25) is 0 Å². The molecule has 55 heavy (non-hydrogen) atoms. The number of fused-ring (bicyclic) bond motifs is 9. The highest BCUT2D eigenvalue weighted by Crippen LogP contribution is 2.41. The maximum atomic E-state index is 10.6. The molecule has 11 aromatic rings. The second-order valence-corrected chi connectivity index (χ2v) is 14.0. The van der Waals surface area contributed by atoms with E-state index in [4.69, 9.17) is 6.57 Å². The number of aromatic nitrogens is 3. The second-order valence-electron chi connectivity index (χ2n) is 14.0. The predicted molar refractivity (Wildman–Crippen MR) is 226 cm³/mol. The van der Waals surface area contributed by atoms with Crippen LogP contribution >= 0.6 is 0 Å². The fourth-order valence-electron chi connectivity index (χ4n) is 8.74. The summed E-state index contributed by atoms with van der Waals surface area (Å²) < 4.78 is 6.89. The first-order valence-corrected chi connectivity index (χ1v) is 18.3. The molecule has 0 aliphatic rings. The molecule has 3 heterocycles. The standard InChI is InChI=1S/C50H29N5/c1-52-34-24-26-48-41(29-34)39-15-5-10-20-46(39)54(48)43-17-7-2-12-36(43)32-22-23-33(31-51)50(28-32)55-47-21-11-6-16-40(47)42-30-35(25-27-49(42)55)53-44-18-8-3-13-37(44)38-14-4-9-19-45(38)53/h2-30H. The third kappa shape index (κ3) is 4.45. The minimum Gasteiger partial charge on any atom is -0.309 e. The number of hydrogen-bond acceptors (Lipinski definition) is 1. The van der Waals surface area contributed by atoms with Gasteiger partial charge in [0.15, 0.2) is 5.69 Å². The van der Waals surface area contributed by atoms with Crippen LogP contribution in [0.15, 0.2) is 176 Å². The van der Waals surface area contributed by atoms with Crippen molar-refractivity contribution < 1.29 is 0 Å². The summed E-state index contributed by atoms with van der Waals surface area (Å²) in [6.07, 6.45) is 0. The van der Waals surface area contributed by atoms with Gasteiger partial charge in [0.05, 0.1) is 56.6 Å². The van der Waals surface area contributed by atoms with E-state index in [1.807, 2.05) is 24.3 Å². The molecule has 0 amide bonds. The number of nitriles is 1. The summed E-state index contributed by atoms with van der Waals surface area (Å²) in [6, 6.07) is 63.8. The Morgan fingerprint density at radius 2 is 0.909 bits per heavy atom. The van der Waals surface area contributed by atoms with E-state index >= 15 is 0 Å². The van der Waals surface area contributed by atoms with E-state index in [1.54, 1.807) is 0 Å². The van der Waals surface area contributed by atoms with Crippen LogP contribution < -0.4 is 0 Å². The number of benzene rings is 8. The van der Waals surface area contributed by atoms with Gasteiger partial charge in [0, 0.05) is 38.2 Å². The molecule has 0 aliphatic carbocycles. The van der Waals surface area contributed by atoms with Gasteiger partial charge in [-0.1, -0.05) is 103 Å². The van der Waals surface area contributed by atoms with Gasteiger partial charge < -0.3 is 13.7 Å². The smallest absolute Gasteiger partial charge is 0.188 e. The average molecular weight is 700 g/mol. The summed E-state index contributed by atoms with van der Waals surface area (Å²) in [5.74, 6) is 0. The molecule has 0 aliphatic heterocycles. The largest absolute Gasteiger partial charge is 0.309 e. The van der Waals surface area contributed by atoms with E-state index in [2.05, 4.69) is 176 Å². The molecule has 0 bridgehead atoms. The molecule has 11 rings (SSSR count). The van der Waals surface area contributed by atoms with Gasteiger partial charge in [-0.15, -0.1) is 0 Å². The van der Waals surface area contributed by atoms with Crippen molar-refractivity contribution in [2.45, 2.75) is 0 Å². The van der Waals surface area contributed by atoms with Crippen molar-refractivity contribution in [3.8, 4) is 34.3 Å². The molecule has 5 heteroatoms. The first-order chi connectivity index (χ1) is 27.2. The summed E-state index contributed by atoms with van der Waals surface area (Å²) in [5.41, 5.74) is 12.7. The van der Waals surface area contributed by atoms with Crippen LogP contribution in [0.3, 0.4) is 0 Å². The number of para-hydroxylation sites is 5. The Hall–Kier alpha value is -7.86. The first-order valence-electron chi connectivity index (χ1n) is 18.3. The van der Waals surface area contributed by atoms with Gasteiger partial charge in [0.1, 0.15) is 6.07 Å². The molecular formula is C50H29N5. The molecule has 0 fully saturated rings. The van der Waals surface area contributed by atoms with Gasteiger partial charge in [-0.25, -0.2) is 4.85 Å². The Morgan fingerprint density at radius 1 is 0.418 bits per heavy atom. The minimum absolute atomic E-state index is 0.596. The van der Waals surface area contributed by atoms with Crippen LogP contribution in [0, 0.1) is 17.9 Å². The zero-order valence-corrected chi connectivity index (χ0v) is 29.5. The molecule has 0 saturated heterocycles. The molecule has 0 spiro atoms. The monoisotopic (exact) mass is 699 g/mol. The van der Waals surface area contributed by atoms with Crippen molar-refractivity contribution in [1.82, 2.24) is 13.7 Å². The first kappa shape index (κ1) is 30.7. The molecule has 3 aromatic heterocycles. The van der Waals surface area contributed by atoms with Crippen LogP contribution in [0.1, 0.15) is 5.56 Å². The Bertz CT molecular complexity index is 3420. The molecular weight excluding hydrogens is 671 g/mol. The maximum absolute atomic E-state index is 10.6. The van der Waals surface area contributed by atoms with Crippen molar-refractivity contribution in [2.24, 2.45) is 0 Å².